The lowest BCUT2D eigenvalue weighted by molar-refractivity contribution is -0.128. The first-order chi connectivity index (χ1) is 21.3. The zero-order valence-electron chi connectivity index (χ0n) is 24.3. The number of nitrogens with zero attached hydrogens (tertiary/aromatic N) is 6. The van der Waals surface area contributed by atoms with Crippen molar-refractivity contribution in [2.24, 2.45) is 0 Å². The quantitative estimate of drug-likeness (QED) is 0.188. The van der Waals surface area contributed by atoms with Crippen LogP contribution >= 0.6 is 11.6 Å². The number of aromatic nitrogens is 2. The summed E-state index contributed by atoms with van der Waals surface area (Å²) in [6.45, 7) is 13.6. The smallest absolute Gasteiger partial charge is 0.319 e. The summed E-state index contributed by atoms with van der Waals surface area (Å²) < 4.78 is 36.7. The molecule has 0 bridgehead atoms. The molecule has 1 aromatic heterocycles. The Morgan fingerprint density at radius 1 is 1.14 bits per heavy atom. The van der Waals surface area contributed by atoms with E-state index in [9.17, 15) is 9.18 Å². The van der Waals surface area contributed by atoms with Gasteiger partial charge in [0.05, 0.1) is 10.5 Å². The number of halogens is 3. The molecule has 4 aromatic rings. The number of hydrogen-bond donors (Lipinski definition) is 0. The lowest BCUT2D eigenvalue weighted by Crippen LogP contribution is -2.56. The van der Waals surface area contributed by atoms with Crippen molar-refractivity contribution in [1.82, 2.24) is 19.8 Å². The first kappa shape index (κ1) is 29.7. The number of amides is 1. The Hall–Kier alpha value is -4.33. The van der Waals surface area contributed by atoms with Crippen LogP contribution in [0, 0.1) is 18.2 Å². The van der Waals surface area contributed by atoms with E-state index in [4.69, 9.17) is 32.9 Å². The van der Waals surface area contributed by atoms with Gasteiger partial charge in [0.1, 0.15) is 30.1 Å². The highest BCUT2D eigenvalue weighted by molar-refractivity contribution is 6.37. The van der Waals surface area contributed by atoms with Crippen LogP contribution < -0.4 is 9.64 Å². The van der Waals surface area contributed by atoms with Gasteiger partial charge in [-0.3, -0.25) is 4.79 Å². The molecule has 3 heterocycles. The lowest BCUT2D eigenvalue weighted by atomic mass is 9.96. The molecule has 3 aromatic carbocycles. The molecule has 2 aliphatic heterocycles. The molecule has 2 aliphatic rings. The third-order valence-electron chi connectivity index (χ3n) is 8.59. The van der Waals surface area contributed by atoms with Gasteiger partial charge in [0.15, 0.2) is 0 Å². The highest BCUT2D eigenvalue weighted by atomic mass is 35.5. The first-order valence-electron chi connectivity index (χ1n) is 14.5. The molecule has 1 amide bonds. The van der Waals surface area contributed by atoms with Gasteiger partial charge in [-0.2, -0.15) is 9.97 Å². The molecule has 226 valence electrons. The van der Waals surface area contributed by atoms with Crippen LogP contribution in [-0.4, -0.2) is 84.1 Å². The summed E-state index contributed by atoms with van der Waals surface area (Å²) in [6, 6.07) is 11.2. The van der Waals surface area contributed by atoms with Crippen molar-refractivity contribution in [2.75, 3.05) is 51.3 Å². The van der Waals surface area contributed by atoms with Gasteiger partial charge in [0.25, 0.3) is 0 Å². The number of fused-ring (bicyclic) bond motifs is 2. The minimum absolute atomic E-state index is 0.0801. The zero-order valence-corrected chi connectivity index (χ0v) is 25.0. The van der Waals surface area contributed by atoms with Gasteiger partial charge in [0, 0.05) is 42.0 Å². The van der Waals surface area contributed by atoms with Crippen LogP contribution in [0.2, 0.25) is 5.02 Å². The average molecular weight is 617 g/mol. The third-order valence-corrected chi connectivity index (χ3v) is 8.96. The Kier molecular flexibility index (Phi) is 8.34. The van der Waals surface area contributed by atoms with E-state index in [2.05, 4.69) is 23.4 Å². The molecule has 0 saturated carbocycles. The summed E-state index contributed by atoms with van der Waals surface area (Å²) in [4.78, 5) is 31.3. The van der Waals surface area contributed by atoms with Crippen molar-refractivity contribution in [2.45, 2.75) is 24.9 Å². The van der Waals surface area contributed by atoms with Crippen LogP contribution in [0.3, 0.4) is 0 Å². The minimum atomic E-state index is -0.590. The molecular weight excluding hydrogens is 586 g/mol. The molecular formula is C33H31ClF2N6O2. The second-order valence-corrected chi connectivity index (χ2v) is 11.6. The van der Waals surface area contributed by atoms with E-state index in [1.807, 2.05) is 4.90 Å². The Labute approximate surface area is 259 Å². The van der Waals surface area contributed by atoms with Crippen molar-refractivity contribution in [3.8, 4) is 17.1 Å². The number of hydrogen-bond acceptors (Lipinski definition) is 6. The van der Waals surface area contributed by atoms with Gasteiger partial charge >= 0.3 is 6.01 Å². The SMILES string of the molecule is [C-]#[N+]C[C@H]1CN(c2nc(OC[C@@H]3CCCN3C)nc3cc(-c4cccc5ccc(F)c(Cl)c45)c(F)cc23)CCN1C(=O)C=C. The molecule has 2 atom stereocenters. The van der Waals surface area contributed by atoms with Crippen LogP contribution in [0.4, 0.5) is 14.6 Å². The van der Waals surface area contributed by atoms with Gasteiger partial charge in [-0.25, -0.2) is 15.4 Å². The monoisotopic (exact) mass is 616 g/mol. The Morgan fingerprint density at radius 2 is 1.98 bits per heavy atom. The molecule has 0 unspecified atom stereocenters. The molecule has 0 N–H and O–H groups in total. The summed E-state index contributed by atoms with van der Waals surface area (Å²) in [5.74, 6) is -0.919. The normalized spacial score (nSPS) is 19.0. The predicted molar refractivity (Wildman–Crippen MR) is 168 cm³/mol. The maximum Gasteiger partial charge on any atom is 0.319 e. The van der Waals surface area contributed by atoms with E-state index in [-0.39, 0.29) is 35.1 Å². The molecule has 0 aliphatic carbocycles. The minimum Gasteiger partial charge on any atom is -0.462 e. The van der Waals surface area contributed by atoms with E-state index in [0.717, 1.165) is 19.4 Å². The fourth-order valence-corrected chi connectivity index (χ4v) is 6.51. The Bertz CT molecular complexity index is 1810. The van der Waals surface area contributed by atoms with Crippen LogP contribution in [0.15, 0.2) is 55.1 Å². The van der Waals surface area contributed by atoms with Crippen LogP contribution in [0.1, 0.15) is 12.8 Å². The number of anilines is 1. The molecule has 6 rings (SSSR count). The van der Waals surface area contributed by atoms with Gasteiger partial charge in [-0.05, 0) is 61.7 Å². The molecule has 0 radical (unpaired) electrons. The molecule has 2 saturated heterocycles. The maximum atomic E-state index is 16.1. The Morgan fingerprint density at radius 3 is 2.73 bits per heavy atom. The van der Waals surface area contributed by atoms with E-state index in [0.29, 0.717) is 59.3 Å². The summed E-state index contributed by atoms with van der Waals surface area (Å²) >= 11 is 6.39. The van der Waals surface area contributed by atoms with Gasteiger partial charge in [0.2, 0.25) is 12.5 Å². The molecule has 0 spiro atoms. The van der Waals surface area contributed by atoms with Gasteiger partial charge < -0.3 is 24.3 Å². The largest absolute Gasteiger partial charge is 0.462 e. The number of ether oxygens (including phenoxy) is 1. The number of piperazine rings is 1. The lowest BCUT2D eigenvalue weighted by Gasteiger charge is -2.39. The van der Waals surface area contributed by atoms with Crippen LogP contribution in [0.25, 0.3) is 37.6 Å². The zero-order chi connectivity index (χ0) is 31.0. The standard InChI is InChI=1S/C33H31ClF2N6O2/c1-4-29(43)42-14-13-41(18-22(42)17-37-2)32-25-15-27(36)24(23-9-5-7-20-10-11-26(35)31(34)30(20)23)16-28(25)38-33(39-32)44-19-21-8-6-12-40(21)3/h4-5,7,9-11,15-16,21-22H,1,6,8,12-14,17-19H2,3H3/t21-,22-/m0/s1. The topological polar surface area (TPSA) is 66.2 Å². The third kappa shape index (κ3) is 5.53. The highest BCUT2D eigenvalue weighted by Gasteiger charge is 2.33. The Balaban J connectivity index is 1.47. The number of likely N-dealkylation sites (tertiary alicyclic amines) is 1. The number of benzene rings is 3. The van der Waals surface area contributed by atoms with Crippen LogP contribution in [0.5, 0.6) is 6.01 Å². The highest BCUT2D eigenvalue weighted by Crippen LogP contribution is 2.39. The van der Waals surface area contributed by atoms with Gasteiger partial charge in [-0.1, -0.05) is 42.4 Å². The van der Waals surface area contributed by atoms with Crippen molar-refractivity contribution in [3.05, 3.63) is 83.2 Å². The van der Waals surface area contributed by atoms with Crippen molar-refractivity contribution in [3.63, 3.8) is 0 Å². The van der Waals surface area contributed by atoms with Crippen molar-refractivity contribution in [1.29, 1.82) is 0 Å². The fourth-order valence-electron chi connectivity index (χ4n) is 6.24. The summed E-state index contributed by atoms with van der Waals surface area (Å²) in [6.07, 6.45) is 3.34. The summed E-state index contributed by atoms with van der Waals surface area (Å²) in [5, 5.41) is 1.47. The van der Waals surface area contributed by atoms with E-state index < -0.39 is 17.7 Å². The summed E-state index contributed by atoms with van der Waals surface area (Å²) in [7, 11) is 2.06. The molecule has 2 fully saturated rings. The summed E-state index contributed by atoms with van der Waals surface area (Å²) in [5.41, 5.74) is 1.10. The maximum absolute atomic E-state index is 16.1. The molecule has 11 heteroatoms. The van der Waals surface area contributed by atoms with E-state index in [1.54, 1.807) is 35.2 Å². The second kappa shape index (κ2) is 12.3. The number of carbonyl (C=O) groups is 1. The number of carbonyl (C=O) groups excluding carboxylic acids is 1. The number of rotatable bonds is 7. The van der Waals surface area contributed by atoms with Crippen LogP contribution in [-0.2, 0) is 4.79 Å². The number of likely N-dealkylation sites (N-methyl/N-ethyl adjacent to an activating group) is 1. The first-order valence-corrected chi connectivity index (χ1v) is 14.9. The van der Waals surface area contributed by atoms with Crippen molar-refractivity contribution < 1.29 is 18.3 Å². The average Bonchev–Trinajstić information content (AvgIpc) is 3.45. The fraction of sp³-hybridized carbons (Fsp3) is 0.333. The molecule has 8 nitrogen and oxygen atoms in total. The van der Waals surface area contributed by atoms with Gasteiger partial charge in [-0.15, -0.1) is 0 Å². The van der Waals surface area contributed by atoms with E-state index in [1.165, 1.54) is 18.2 Å². The predicted octanol–water partition coefficient (Wildman–Crippen LogP) is 5.98. The van der Waals surface area contributed by atoms with Crippen molar-refractivity contribution >= 4 is 45.0 Å². The molecule has 44 heavy (non-hydrogen) atoms. The second-order valence-electron chi connectivity index (χ2n) is 11.2. The van der Waals surface area contributed by atoms with E-state index >= 15 is 4.39 Å².